The van der Waals surface area contributed by atoms with Gasteiger partial charge in [-0.25, -0.2) is 5.48 Å². The molecule has 0 aromatic heterocycles. The summed E-state index contributed by atoms with van der Waals surface area (Å²) in [4.78, 5) is 25.8. The number of halogens is 1. The van der Waals surface area contributed by atoms with Gasteiger partial charge >= 0.3 is 0 Å². The highest BCUT2D eigenvalue weighted by atomic mass is 35.5. The molecule has 2 aliphatic rings. The second kappa shape index (κ2) is 17.6. The third-order valence-corrected chi connectivity index (χ3v) is 10.3. The number of ether oxygens (including phenoxy) is 2. The lowest BCUT2D eigenvalue weighted by molar-refractivity contribution is -0.253. The molecule has 4 aromatic rings. The molecule has 2 amide bonds. The van der Waals surface area contributed by atoms with Crippen LogP contribution in [0.3, 0.4) is 0 Å². The number of benzene rings is 4. The molecule has 10 nitrogen and oxygen atoms in total. The van der Waals surface area contributed by atoms with E-state index < -0.39 is 17.8 Å². The highest BCUT2D eigenvalue weighted by molar-refractivity contribution is 6.30. The fourth-order valence-corrected chi connectivity index (χ4v) is 7.05. The molecule has 11 heteroatoms. The number of nitrogens with one attached hydrogen (secondary N) is 2. The number of amides is 2. The number of carbonyl (C=O) groups is 2. The van der Waals surface area contributed by atoms with Crippen molar-refractivity contribution in [2.24, 2.45) is 0 Å². The van der Waals surface area contributed by atoms with Crippen LogP contribution in [0, 0.1) is 0 Å². The highest BCUT2D eigenvalue weighted by Gasteiger charge is 2.37. The Hall–Kier alpha value is -4.13. The monoisotopic (exact) mass is 727 g/mol. The lowest BCUT2D eigenvalue weighted by Gasteiger charge is -2.42. The van der Waals surface area contributed by atoms with E-state index in [1.807, 2.05) is 97.1 Å². The number of hydrogen-bond acceptors (Lipinski definition) is 8. The lowest BCUT2D eigenvalue weighted by Crippen LogP contribution is -2.46. The Kier molecular flexibility index (Phi) is 12.7. The predicted octanol–water partition coefficient (Wildman–Crippen LogP) is 6.32. The Morgan fingerprint density at radius 1 is 0.827 bits per heavy atom. The summed E-state index contributed by atoms with van der Waals surface area (Å²) in [6.07, 6.45) is 1.64. The number of aliphatic hydroxyl groups excluding tert-OH is 1. The zero-order valence-corrected chi connectivity index (χ0v) is 29.8. The molecule has 0 saturated carbocycles. The minimum absolute atomic E-state index is 0.0191. The van der Waals surface area contributed by atoms with Crippen LogP contribution < -0.4 is 10.8 Å². The fraction of sp³-hybridized carbons (Fsp3) is 0.366. The number of hydroxylamine groups is 1. The maximum Gasteiger partial charge on any atom is 0.243 e. The predicted molar refractivity (Wildman–Crippen MR) is 197 cm³/mol. The summed E-state index contributed by atoms with van der Waals surface area (Å²) in [5.41, 5.74) is 7.33. The highest BCUT2D eigenvalue weighted by Crippen LogP contribution is 2.40. The fourth-order valence-electron chi connectivity index (χ4n) is 6.92. The van der Waals surface area contributed by atoms with E-state index in [-0.39, 0.29) is 37.6 Å². The number of aliphatic hydroxyl groups is 2. The van der Waals surface area contributed by atoms with E-state index in [0.717, 1.165) is 52.0 Å². The standard InChI is InChI=1S/C41H46ClN3O7/c42-35-17-15-34(16-18-35)41(49)19-21-45(22-20-41)26-36-24-37(31-9-7-28(27-46)8-10-31)52-40(51-36)32-13-11-30(12-14-32)33-4-1-3-29(23-33)25-43-38(47)5-2-6-39(48)44-50/h1,3-4,7-18,23,36-37,40,46,49-50H,2,5-6,19-22,24-27H2,(H,43,47)(H,44,48)/t36-,37+,40+/m0/s1. The van der Waals surface area contributed by atoms with Crippen molar-refractivity contribution in [3.05, 3.63) is 130 Å². The van der Waals surface area contributed by atoms with Crippen molar-refractivity contribution in [2.75, 3.05) is 19.6 Å². The van der Waals surface area contributed by atoms with E-state index in [9.17, 15) is 19.8 Å². The van der Waals surface area contributed by atoms with Gasteiger partial charge in [0.15, 0.2) is 6.29 Å². The maximum atomic E-state index is 12.2. The third kappa shape index (κ3) is 9.84. The summed E-state index contributed by atoms with van der Waals surface area (Å²) < 4.78 is 13.2. The molecule has 6 rings (SSSR count). The van der Waals surface area contributed by atoms with Gasteiger partial charge in [0.25, 0.3) is 0 Å². The van der Waals surface area contributed by atoms with E-state index >= 15 is 0 Å². The van der Waals surface area contributed by atoms with Gasteiger partial charge in [0.2, 0.25) is 11.8 Å². The summed E-state index contributed by atoms with van der Waals surface area (Å²) in [7, 11) is 0. The van der Waals surface area contributed by atoms with E-state index in [1.165, 1.54) is 0 Å². The van der Waals surface area contributed by atoms with Crippen LogP contribution in [0.4, 0.5) is 0 Å². The van der Waals surface area contributed by atoms with Crippen LogP contribution in [-0.4, -0.2) is 57.9 Å². The molecule has 0 aliphatic carbocycles. The number of likely N-dealkylation sites (tertiary alicyclic amines) is 1. The van der Waals surface area contributed by atoms with E-state index in [4.69, 9.17) is 26.3 Å². The minimum Gasteiger partial charge on any atom is -0.392 e. The van der Waals surface area contributed by atoms with Crippen LogP contribution >= 0.6 is 11.6 Å². The first-order valence-electron chi connectivity index (χ1n) is 17.8. The van der Waals surface area contributed by atoms with E-state index in [0.29, 0.717) is 43.8 Å². The number of hydrogen-bond donors (Lipinski definition) is 5. The van der Waals surface area contributed by atoms with Gasteiger partial charge in [0.1, 0.15) is 0 Å². The number of nitrogens with zero attached hydrogens (tertiary/aromatic N) is 1. The average Bonchev–Trinajstić information content (AvgIpc) is 3.18. The summed E-state index contributed by atoms with van der Waals surface area (Å²) in [5.74, 6) is -0.668. The second-order valence-electron chi connectivity index (χ2n) is 13.7. The largest absolute Gasteiger partial charge is 0.392 e. The van der Waals surface area contributed by atoms with Gasteiger partial charge < -0.3 is 29.9 Å². The molecule has 2 aliphatic heterocycles. The number of carbonyl (C=O) groups excluding carboxylic acids is 2. The molecule has 0 unspecified atom stereocenters. The summed E-state index contributed by atoms with van der Waals surface area (Å²) >= 11 is 6.09. The normalized spacial score (nSPS) is 20.3. The van der Waals surface area contributed by atoms with E-state index in [2.05, 4.69) is 10.2 Å². The van der Waals surface area contributed by atoms with Gasteiger partial charge in [-0.3, -0.25) is 14.8 Å². The first-order chi connectivity index (χ1) is 25.2. The van der Waals surface area contributed by atoms with E-state index in [1.54, 1.807) is 5.48 Å². The molecular weight excluding hydrogens is 682 g/mol. The SMILES string of the molecule is O=C(CCCC(=O)NCc1cccc(-c2ccc([C@@H]3O[C@H](CN4CCC(O)(c5ccc(Cl)cc5)CC4)C[C@H](c4ccc(CO)cc4)O3)cc2)c1)NO. The van der Waals surface area contributed by atoms with Crippen molar-refractivity contribution >= 4 is 23.4 Å². The molecule has 52 heavy (non-hydrogen) atoms. The summed E-state index contributed by atoms with van der Waals surface area (Å²) in [6, 6.07) is 31.5. The number of piperidine rings is 1. The third-order valence-electron chi connectivity index (χ3n) is 10.0. The van der Waals surface area contributed by atoms with Gasteiger partial charge in [0.05, 0.1) is 24.4 Å². The zero-order valence-electron chi connectivity index (χ0n) is 29.0. The van der Waals surface area contributed by atoms with Gasteiger partial charge in [0, 0.05) is 56.0 Å². The van der Waals surface area contributed by atoms with Crippen LogP contribution in [0.15, 0.2) is 97.1 Å². The lowest BCUT2D eigenvalue weighted by atomic mass is 9.84. The van der Waals surface area contributed by atoms with Gasteiger partial charge in [-0.15, -0.1) is 0 Å². The molecule has 0 radical (unpaired) electrons. The first-order valence-corrected chi connectivity index (χ1v) is 18.2. The Bertz CT molecular complexity index is 1780. The van der Waals surface area contributed by atoms with Crippen molar-refractivity contribution in [2.45, 2.75) is 75.8 Å². The van der Waals surface area contributed by atoms with Gasteiger partial charge in [-0.1, -0.05) is 90.5 Å². The average molecular weight is 728 g/mol. The smallest absolute Gasteiger partial charge is 0.243 e. The van der Waals surface area contributed by atoms with Crippen LogP contribution in [0.1, 0.15) is 78.7 Å². The Labute approximate surface area is 309 Å². The zero-order chi connectivity index (χ0) is 36.5. The maximum absolute atomic E-state index is 12.2. The van der Waals surface area contributed by atoms with Crippen molar-refractivity contribution < 1.29 is 34.5 Å². The number of rotatable bonds is 13. The summed E-state index contributed by atoms with van der Waals surface area (Å²) in [5, 5.41) is 33.2. The molecule has 2 fully saturated rings. The Morgan fingerprint density at radius 2 is 1.52 bits per heavy atom. The molecule has 0 bridgehead atoms. The minimum atomic E-state index is -0.881. The van der Waals surface area contributed by atoms with Crippen LogP contribution in [0.25, 0.3) is 11.1 Å². The van der Waals surface area contributed by atoms with Crippen LogP contribution in [-0.2, 0) is 37.8 Å². The van der Waals surface area contributed by atoms with Crippen LogP contribution in [0.5, 0.6) is 0 Å². The molecule has 0 spiro atoms. The second-order valence-corrected chi connectivity index (χ2v) is 14.1. The first kappa shape index (κ1) is 37.6. The Balaban J connectivity index is 1.11. The molecule has 2 heterocycles. The van der Waals surface area contributed by atoms with Crippen LogP contribution in [0.2, 0.25) is 5.02 Å². The molecule has 5 N–H and O–H groups in total. The summed E-state index contributed by atoms with van der Waals surface area (Å²) in [6.45, 7) is 2.53. The quantitative estimate of drug-likeness (QED) is 0.0797. The molecule has 4 aromatic carbocycles. The van der Waals surface area contributed by atoms with Crippen molar-refractivity contribution in [1.29, 1.82) is 0 Å². The van der Waals surface area contributed by atoms with Gasteiger partial charge in [-0.2, -0.15) is 0 Å². The van der Waals surface area contributed by atoms with Crippen molar-refractivity contribution in [3.8, 4) is 11.1 Å². The Morgan fingerprint density at radius 3 is 2.21 bits per heavy atom. The van der Waals surface area contributed by atoms with Crippen molar-refractivity contribution in [1.82, 2.24) is 15.7 Å². The van der Waals surface area contributed by atoms with Gasteiger partial charge in [-0.05, 0) is 70.8 Å². The van der Waals surface area contributed by atoms with Crippen molar-refractivity contribution in [3.63, 3.8) is 0 Å². The molecule has 274 valence electrons. The molecular formula is C41H46ClN3O7. The molecule has 3 atom stereocenters. The molecule has 2 saturated heterocycles. The topological polar surface area (TPSA) is 141 Å².